The van der Waals surface area contributed by atoms with Gasteiger partial charge in [-0.3, -0.25) is 14.9 Å². The molecule has 0 aromatic heterocycles. The number of hydrogen-bond acceptors (Lipinski definition) is 5. The van der Waals surface area contributed by atoms with Crippen LogP contribution < -0.4 is 4.72 Å². The maximum Gasteiger partial charge on any atom is 0.318 e. The summed E-state index contributed by atoms with van der Waals surface area (Å²) in [5, 5.41) is 19.1. The molecule has 0 heterocycles. The van der Waals surface area contributed by atoms with Crippen molar-refractivity contribution in [3.05, 3.63) is 58.6 Å². The van der Waals surface area contributed by atoms with Crippen LogP contribution in [0.3, 0.4) is 0 Å². The number of carboxylic acids is 1. The van der Waals surface area contributed by atoms with Gasteiger partial charge in [0.25, 0.3) is 5.69 Å². The van der Waals surface area contributed by atoms with E-state index in [0.29, 0.717) is 11.1 Å². The van der Waals surface area contributed by atoms with E-state index in [4.69, 9.17) is 5.11 Å². The average Bonchev–Trinajstić information content (AvgIpc) is 2.53. The minimum absolute atomic E-state index is 0.0363. The summed E-state index contributed by atoms with van der Waals surface area (Å²) in [4.78, 5) is 20.4. The summed E-state index contributed by atoms with van der Waals surface area (Å²) in [6, 6.07) is 11.6. The van der Waals surface area contributed by atoms with Crippen molar-refractivity contribution in [2.75, 3.05) is 6.54 Å². The number of nitrogens with one attached hydrogen (secondary N) is 1. The number of nitro groups is 1. The summed E-state index contributed by atoms with van der Waals surface area (Å²) in [6.07, 6.45) is 0. The monoisotopic (exact) mass is 336 g/mol. The van der Waals surface area contributed by atoms with Crippen LogP contribution in [0.1, 0.15) is 0 Å². The fourth-order valence-electron chi connectivity index (χ4n) is 1.84. The van der Waals surface area contributed by atoms with Crippen molar-refractivity contribution in [3.63, 3.8) is 0 Å². The average molecular weight is 336 g/mol. The number of carbonyl (C=O) groups is 1. The van der Waals surface area contributed by atoms with Gasteiger partial charge < -0.3 is 5.11 Å². The highest BCUT2D eigenvalue weighted by Gasteiger charge is 2.15. The zero-order valence-corrected chi connectivity index (χ0v) is 12.5. The summed E-state index contributed by atoms with van der Waals surface area (Å²) in [5.74, 6) is -1.28. The van der Waals surface area contributed by atoms with Gasteiger partial charge in [-0.05, 0) is 35.4 Å². The van der Waals surface area contributed by atoms with Crippen LogP contribution in [-0.4, -0.2) is 31.0 Å². The molecule has 2 aromatic rings. The zero-order valence-electron chi connectivity index (χ0n) is 11.7. The molecule has 0 aliphatic rings. The molecule has 0 amide bonds. The van der Waals surface area contributed by atoms with Crippen LogP contribution in [0, 0.1) is 10.1 Å². The second kappa shape index (κ2) is 6.55. The maximum atomic E-state index is 11.9. The van der Waals surface area contributed by atoms with Gasteiger partial charge in [-0.25, -0.2) is 8.42 Å². The third-order valence-corrected chi connectivity index (χ3v) is 4.41. The topological polar surface area (TPSA) is 127 Å². The molecule has 23 heavy (non-hydrogen) atoms. The van der Waals surface area contributed by atoms with Crippen molar-refractivity contribution >= 4 is 21.7 Å². The summed E-state index contributed by atoms with van der Waals surface area (Å²) in [7, 11) is -3.89. The predicted octanol–water partition coefficient (Wildman–Crippen LogP) is 1.62. The fraction of sp³-hybridized carbons (Fsp3) is 0.0714. The van der Waals surface area contributed by atoms with E-state index in [0.717, 1.165) is 0 Å². The number of nitro benzene ring substituents is 1. The van der Waals surface area contributed by atoms with E-state index in [2.05, 4.69) is 0 Å². The molecule has 0 aliphatic heterocycles. The number of rotatable bonds is 6. The van der Waals surface area contributed by atoms with Gasteiger partial charge in [0.1, 0.15) is 6.54 Å². The van der Waals surface area contributed by atoms with Gasteiger partial charge in [0.05, 0.1) is 9.82 Å². The lowest BCUT2D eigenvalue weighted by molar-refractivity contribution is -0.384. The van der Waals surface area contributed by atoms with E-state index < -0.39 is 27.5 Å². The molecule has 120 valence electrons. The summed E-state index contributed by atoms with van der Waals surface area (Å²) in [5.41, 5.74) is 1.33. The Morgan fingerprint density at radius 2 is 1.52 bits per heavy atom. The second-order valence-corrected chi connectivity index (χ2v) is 6.31. The van der Waals surface area contributed by atoms with Gasteiger partial charge in [0, 0.05) is 12.1 Å². The Kier molecular flexibility index (Phi) is 4.72. The smallest absolute Gasteiger partial charge is 0.318 e. The van der Waals surface area contributed by atoms with Crippen molar-refractivity contribution in [2.45, 2.75) is 4.90 Å². The normalized spacial score (nSPS) is 11.1. The van der Waals surface area contributed by atoms with E-state index in [1.54, 1.807) is 12.1 Å². The molecular formula is C14H12N2O6S. The Balaban J connectivity index is 2.22. The summed E-state index contributed by atoms with van der Waals surface area (Å²) in [6.45, 7) is -0.702. The number of hydrogen-bond donors (Lipinski definition) is 2. The van der Waals surface area contributed by atoms with Crippen LogP contribution in [0.25, 0.3) is 11.1 Å². The first-order valence-electron chi connectivity index (χ1n) is 6.36. The quantitative estimate of drug-likeness (QED) is 0.609. The van der Waals surface area contributed by atoms with Crippen molar-refractivity contribution < 1.29 is 23.2 Å². The minimum atomic E-state index is -3.89. The molecule has 0 aliphatic carbocycles. The molecule has 8 nitrogen and oxygen atoms in total. The van der Waals surface area contributed by atoms with Crippen molar-refractivity contribution in [2.24, 2.45) is 0 Å². The Hall–Kier alpha value is -2.78. The first-order chi connectivity index (χ1) is 10.8. The van der Waals surface area contributed by atoms with Gasteiger partial charge in [-0.15, -0.1) is 0 Å². The number of benzene rings is 2. The van der Waals surface area contributed by atoms with Gasteiger partial charge in [0.15, 0.2) is 0 Å². The number of non-ortho nitro benzene ring substituents is 1. The molecule has 0 bridgehead atoms. The standard InChI is InChI=1S/C14H12N2O6S/c17-14(18)9-15-23(21,22)13-7-3-11(4-8-13)10-1-5-12(6-2-10)16(19)20/h1-8,15H,9H2,(H,17,18). The van der Waals surface area contributed by atoms with Crippen LogP contribution in [0.4, 0.5) is 5.69 Å². The van der Waals surface area contributed by atoms with E-state index >= 15 is 0 Å². The van der Waals surface area contributed by atoms with E-state index in [1.807, 2.05) is 4.72 Å². The molecule has 9 heteroatoms. The second-order valence-electron chi connectivity index (χ2n) is 4.55. The largest absolute Gasteiger partial charge is 0.480 e. The fourth-order valence-corrected chi connectivity index (χ4v) is 2.82. The molecule has 0 unspecified atom stereocenters. The van der Waals surface area contributed by atoms with Crippen LogP contribution in [-0.2, 0) is 14.8 Å². The molecule has 0 atom stereocenters. The SMILES string of the molecule is O=C(O)CNS(=O)(=O)c1ccc(-c2ccc([N+](=O)[O-])cc2)cc1. The Bertz CT molecular complexity index is 829. The number of carboxylic acid groups (broad SMARTS) is 1. The highest BCUT2D eigenvalue weighted by Crippen LogP contribution is 2.23. The lowest BCUT2D eigenvalue weighted by Gasteiger charge is -2.06. The predicted molar refractivity (Wildman–Crippen MR) is 81.4 cm³/mol. The molecule has 2 N–H and O–H groups in total. The van der Waals surface area contributed by atoms with Gasteiger partial charge in [-0.1, -0.05) is 12.1 Å². The van der Waals surface area contributed by atoms with Gasteiger partial charge >= 0.3 is 5.97 Å². The molecule has 0 spiro atoms. The summed E-state index contributed by atoms with van der Waals surface area (Å²) >= 11 is 0. The maximum absolute atomic E-state index is 11.9. The Morgan fingerprint density at radius 1 is 1.04 bits per heavy atom. The number of nitrogens with zero attached hydrogens (tertiary/aromatic N) is 1. The Labute approximate surface area is 131 Å². The molecule has 0 saturated heterocycles. The number of sulfonamides is 1. The highest BCUT2D eigenvalue weighted by atomic mass is 32.2. The molecule has 0 fully saturated rings. The summed E-state index contributed by atoms with van der Waals surface area (Å²) < 4.78 is 25.7. The minimum Gasteiger partial charge on any atom is -0.480 e. The van der Waals surface area contributed by atoms with Gasteiger partial charge in [0.2, 0.25) is 10.0 Å². The van der Waals surface area contributed by atoms with Crippen LogP contribution in [0.15, 0.2) is 53.4 Å². The Morgan fingerprint density at radius 3 is 1.96 bits per heavy atom. The van der Waals surface area contributed by atoms with Crippen molar-refractivity contribution in [1.29, 1.82) is 0 Å². The van der Waals surface area contributed by atoms with Crippen molar-refractivity contribution in [3.8, 4) is 11.1 Å². The third-order valence-electron chi connectivity index (χ3n) is 2.99. The van der Waals surface area contributed by atoms with E-state index in [1.165, 1.54) is 36.4 Å². The van der Waals surface area contributed by atoms with E-state index in [9.17, 15) is 23.3 Å². The lowest BCUT2D eigenvalue weighted by Crippen LogP contribution is -2.29. The molecule has 2 aromatic carbocycles. The van der Waals surface area contributed by atoms with E-state index in [-0.39, 0.29) is 10.6 Å². The third kappa shape index (κ3) is 4.11. The molecule has 2 rings (SSSR count). The van der Waals surface area contributed by atoms with Crippen LogP contribution >= 0.6 is 0 Å². The molecule has 0 radical (unpaired) electrons. The van der Waals surface area contributed by atoms with Crippen LogP contribution in [0.5, 0.6) is 0 Å². The van der Waals surface area contributed by atoms with Crippen LogP contribution in [0.2, 0.25) is 0 Å². The first-order valence-corrected chi connectivity index (χ1v) is 7.84. The van der Waals surface area contributed by atoms with Crippen molar-refractivity contribution in [1.82, 2.24) is 4.72 Å². The lowest BCUT2D eigenvalue weighted by atomic mass is 10.1. The highest BCUT2D eigenvalue weighted by molar-refractivity contribution is 7.89. The molecular weight excluding hydrogens is 324 g/mol. The zero-order chi connectivity index (χ0) is 17.0. The number of aliphatic carboxylic acids is 1. The van der Waals surface area contributed by atoms with Gasteiger partial charge in [-0.2, -0.15) is 4.72 Å². The molecule has 0 saturated carbocycles. The first kappa shape index (κ1) is 16.6.